The van der Waals surface area contributed by atoms with Gasteiger partial charge in [0.05, 0.1) is 10.9 Å². The zero-order valence-electron chi connectivity index (χ0n) is 18.0. The molecule has 164 valence electrons. The fourth-order valence-electron chi connectivity index (χ4n) is 4.14. The lowest BCUT2D eigenvalue weighted by atomic mass is 9.91. The molecule has 0 saturated carbocycles. The summed E-state index contributed by atoms with van der Waals surface area (Å²) in [6, 6.07) is 11.1. The van der Waals surface area contributed by atoms with Gasteiger partial charge in [0.1, 0.15) is 0 Å². The van der Waals surface area contributed by atoms with Crippen molar-refractivity contribution in [3.8, 4) is 0 Å². The Kier molecular flexibility index (Phi) is 7.71. The minimum Gasteiger partial charge on any atom is -0.348 e. The van der Waals surface area contributed by atoms with Crippen LogP contribution < -0.4 is 5.32 Å². The summed E-state index contributed by atoms with van der Waals surface area (Å²) in [6.07, 6.45) is 3.12. The second kappa shape index (κ2) is 10.1. The van der Waals surface area contributed by atoms with Crippen molar-refractivity contribution in [3.63, 3.8) is 0 Å². The first-order valence-corrected chi connectivity index (χ1v) is 13.1. The number of hydrogen-bond acceptors (Lipinski definition) is 4. The molecule has 1 N–H and O–H groups in total. The lowest BCUT2D eigenvalue weighted by Gasteiger charge is -2.32. The van der Waals surface area contributed by atoms with Crippen molar-refractivity contribution in [2.24, 2.45) is 11.8 Å². The number of hydrogen-bond donors (Lipinski definition) is 1. The molecule has 5 nitrogen and oxygen atoms in total. The van der Waals surface area contributed by atoms with Crippen LogP contribution in [0.1, 0.15) is 56.0 Å². The van der Waals surface area contributed by atoms with Gasteiger partial charge in [-0.05, 0) is 49.3 Å². The number of aryl methyl sites for hydroxylation is 1. The summed E-state index contributed by atoms with van der Waals surface area (Å²) < 4.78 is 27.3. The van der Waals surface area contributed by atoms with Gasteiger partial charge in [-0.1, -0.05) is 50.5 Å². The van der Waals surface area contributed by atoms with Gasteiger partial charge in [0.2, 0.25) is 15.9 Å². The Morgan fingerprint density at radius 1 is 1.13 bits per heavy atom. The Balaban J connectivity index is 1.64. The number of benzene rings is 1. The number of carbonyl (C=O) groups excluding carboxylic acids is 1. The van der Waals surface area contributed by atoms with Crippen LogP contribution in [0.4, 0.5) is 0 Å². The van der Waals surface area contributed by atoms with E-state index < -0.39 is 10.0 Å². The third-order valence-electron chi connectivity index (χ3n) is 6.15. The molecule has 2 aromatic rings. The van der Waals surface area contributed by atoms with Crippen LogP contribution in [-0.4, -0.2) is 31.7 Å². The van der Waals surface area contributed by atoms with Crippen molar-refractivity contribution in [2.75, 3.05) is 13.1 Å². The maximum Gasteiger partial charge on any atom is 0.243 e. The molecule has 1 saturated heterocycles. The molecule has 0 spiro atoms. The quantitative estimate of drug-likeness (QED) is 0.634. The molecule has 1 amide bonds. The molecule has 0 bridgehead atoms. The van der Waals surface area contributed by atoms with Gasteiger partial charge in [-0.3, -0.25) is 4.79 Å². The SMILES string of the molecule is CCC(CC)C(NC(=O)C1CCN(S(=O)(=O)c2ccc(C)cc2)CC1)c1cccs1. The molecule has 1 aliphatic heterocycles. The van der Waals surface area contributed by atoms with Gasteiger partial charge in [-0.15, -0.1) is 11.3 Å². The summed E-state index contributed by atoms with van der Waals surface area (Å²) in [7, 11) is -3.50. The third-order valence-corrected chi connectivity index (χ3v) is 9.02. The fourth-order valence-corrected chi connectivity index (χ4v) is 6.48. The number of thiophene rings is 1. The van der Waals surface area contributed by atoms with Crippen LogP contribution >= 0.6 is 11.3 Å². The average Bonchev–Trinajstić information content (AvgIpc) is 3.29. The standard InChI is InChI=1S/C23H32N2O3S2/c1-4-18(5-2)22(21-7-6-16-29-21)24-23(26)19-12-14-25(15-13-19)30(27,28)20-10-8-17(3)9-11-20/h6-11,16,18-19,22H,4-5,12-15H2,1-3H3,(H,24,26). The normalized spacial score (nSPS) is 17.2. The zero-order valence-corrected chi connectivity index (χ0v) is 19.6. The molecule has 1 unspecified atom stereocenters. The molecular formula is C23H32N2O3S2. The van der Waals surface area contributed by atoms with Crippen LogP contribution in [0.15, 0.2) is 46.7 Å². The smallest absolute Gasteiger partial charge is 0.243 e. The van der Waals surface area contributed by atoms with E-state index in [0.29, 0.717) is 36.7 Å². The van der Waals surface area contributed by atoms with Crippen LogP contribution in [0.25, 0.3) is 0 Å². The number of amides is 1. The highest BCUT2D eigenvalue weighted by atomic mass is 32.2. The van der Waals surface area contributed by atoms with Crippen LogP contribution in [0.3, 0.4) is 0 Å². The van der Waals surface area contributed by atoms with E-state index in [-0.39, 0.29) is 17.9 Å². The highest BCUT2D eigenvalue weighted by Gasteiger charge is 2.33. The molecule has 7 heteroatoms. The van der Waals surface area contributed by atoms with Crippen molar-refractivity contribution in [3.05, 3.63) is 52.2 Å². The lowest BCUT2D eigenvalue weighted by Crippen LogP contribution is -2.44. The topological polar surface area (TPSA) is 66.5 Å². The molecule has 0 aliphatic carbocycles. The Labute approximate surface area is 184 Å². The number of sulfonamides is 1. The molecule has 0 radical (unpaired) electrons. The number of piperidine rings is 1. The molecule has 1 aromatic heterocycles. The largest absolute Gasteiger partial charge is 0.348 e. The molecule has 1 atom stereocenters. The van der Waals surface area contributed by atoms with Crippen LogP contribution in [0, 0.1) is 18.8 Å². The van der Waals surface area contributed by atoms with E-state index in [4.69, 9.17) is 0 Å². The summed E-state index contributed by atoms with van der Waals surface area (Å²) in [4.78, 5) is 14.5. The summed E-state index contributed by atoms with van der Waals surface area (Å²) in [6.45, 7) is 7.02. The number of carbonyl (C=O) groups is 1. The highest BCUT2D eigenvalue weighted by molar-refractivity contribution is 7.89. The number of nitrogens with zero attached hydrogens (tertiary/aromatic N) is 1. The Morgan fingerprint density at radius 2 is 1.77 bits per heavy atom. The minimum atomic E-state index is -3.50. The van der Waals surface area contributed by atoms with Gasteiger partial charge in [0.25, 0.3) is 0 Å². The second-order valence-corrected chi connectivity index (χ2v) is 11.0. The predicted molar refractivity (Wildman–Crippen MR) is 122 cm³/mol. The van der Waals surface area contributed by atoms with Crippen molar-refractivity contribution in [1.29, 1.82) is 0 Å². The van der Waals surface area contributed by atoms with Crippen LogP contribution in [0.2, 0.25) is 0 Å². The van der Waals surface area contributed by atoms with Crippen LogP contribution in [0.5, 0.6) is 0 Å². The third kappa shape index (κ3) is 5.13. The van der Waals surface area contributed by atoms with E-state index in [1.54, 1.807) is 23.5 Å². The van der Waals surface area contributed by atoms with E-state index in [1.807, 2.05) is 30.5 Å². The monoisotopic (exact) mass is 448 g/mol. The van der Waals surface area contributed by atoms with E-state index in [2.05, 4.69) is 25.2 Å². The van der Waals surface area contributed by atoms with Gasteiger partial charge >= 0.3 is 0 Å². The summed E-state index contributed by atoms with van der Waals surface area (Å²) in [5.41, 5.74) is 1.03. The fraction of sp³-hybridized carbons (Fsp3) is 0.522. The first-order valence-electron chi connectivity index (χ1n) is 10.8. The van der Waals surface area contributed by atoms with Gasteiger partial charge in [0, 0.05) is 23.9 Å². The molecule has 1 aliphatic rings. The maximum atomic E-state index is 13.0. The molecule has 1 fully saturated rings. The van der Waals surface area contributed by atoms with Crippen molar-refractivity contribution in [2.45, 2.75) is 57.4 Å². The van der Waals surface area contributed by atoms with Crippen molar-refractivity contribution < 1.29 is 13.2 Å². The number of nitrogens with one attached hydrogen (secondary N) is 1. The Bertz CT molecular complexity index is 912. The Morgan fingerprint density at radius 3 is 2.30 bits per heavy atom. The maximum absolute atomic E-state index is 13.0. The molecule has 1 aromatic carbocycles. The minimum absolute atomic E-state index is 0.0295. The van der Waals surface area contributed by atoms with Gasteiger partial charge in [-0.25, -0.2) is 8.42 Å². The summed E-state index contributed by atoms with van der Waals surface area (Å²) >= 11 is 1.68. The van der Waals surface area contributed by atoms with E-state index in [1.165, 1.54) is 9.18 Å². The second-order valence-electron chi connectivity index (χ2n) is 8.07. The molecule has 3 rings (SSSR count). The van der Waals surface area contributed by atoms with Gasteiger partial charge in [-0.2, -0.15) is 4.31 Å². The van der Waals surface area contributed by atoms with Gasteiger partial charge < -0.3 is 5.32 Å². The van der Waals surface area contributed by atoms with E-state index in [0.717, 1.165) is 18.4 Å². The zero-order chi connectivity index (χ0) is 21.7. The first kappa shape index (κ1) is 23.0. The predicted octanol–water partition coefficient (Wildman–Crippen LogP) is 4.75. The summed E-state index contributed by atoms with van der Waals surface area (Å²) in [5, 5.41) is 5.33. The van der Waals surface area contributed by atoms with Gasteiger partial charge in [0.15, 0.2) is 0 Å². The summed E-state index contributed by atoms with van der Waals surface area (Å²) in [5.74, 6) is 0.300. The molecular weight excluding hydrogens is 416 g/mol. The average molecular weight is 449 g/mol. The number of rotatable bonds is 8. The van der Waals surface area contributed by atoms with Crippen molar-refractivity contribution >= 4 is 27.3 Å². The molecule has 2 heterocycles. The first-order chi connectivity index (χ1) is 14.4. The van der Waals surface area contributed by atoms with E-state index >= 15 is 0 Å². The van der Waals surface area contributed by atoms with Crippen LogP contribution in [-0.2, 0) is 14.8 Å². The van der Waals surface area contributed by atoms with E-state index in [9.17, 15) is 13.2 Å². The highest BCUT2D eigenvalue weighted by Crippen LogP contribution is 2.32. The Hall–Kier alpha value is -1.70. The molecule has 30 heavy (non-hydrogen) atoms. The lowest BCUT2D eigenvalue weighted by molar-refractivity contribution is -0.127. The van der Waals surface area contributed by atoms with Crippen molar-refractivity contribution in [1.82, 2.24) is 9.62 Å².